The molecule has 3 N–H and O–H groups in total. The van der Waals surface area contributed by atoms with E-state index in [9.17, 15) is 9.59 Å². The summed E-state index contributed by atoms with van der Waals surface area (Å²) in [5.74, 6) is -0.0901. The van der Waals surface area contributed by atoms with Crippen LogP contribution in [0.15, 0.2) is 42.5 Å². The molecule has 22 heavy (non-hydrogen) atoms. The summed E-state index contributed by atoms with van der Waals surface area (Å²) in [5.41, 5.74) is 8.26. The average molecular weight is 298 g/mol. The van der Waals surface area contributed by atoms with Crippen LogP contribution in [0, 0.1) is 13.8 Å². The number of amides is 2. The highest BCUT2D eigenvalue weighted by molar-refractivity contribution is 5.95. The highest BCUT2D eigenvalue weighted by atomic mass is 16.5. The van der Waals surface area contributed by atoms with Crippen molar-refractivity contribution in [3.63, 3.8) is 0 Å². The molecule has 2 aromatic carbocycles. The van der Waals surface area contributed by atoms with Gasteiger partial charge in [-0.1, -0.05) is 17.7 Å². The summed E-state index contributed by atoms with van der Waals surface area (Å²) in [5, 5.41) is 2.69. The van der Waals surface area contributed by atoms with Gasteiger partial charge in [-0.25, -0.2) is 0 Å². The number of hydrogen-bond donors (Lipinski definition) is 2. The van der Waals surface area contributed by atoms with Crippen LogP contribution in [0.2, 0.25) is 0 Å². The average Bonchev–Trinajstić information content (AvgIpc) is 2.47. The van der Waals surface area contributed by atoms with Crippen molar-refractivity contribution in [1.29, 1.82) is 0 Å². The maximum atomic E-state index is 11.9. The summed E-state index contributed by atoms with van der Waals surface area (Å²) in [6.07, 6.45) is 0. The van der Waals surface area contributed by atoms with E-state index in [0.29, 0.717) is 17.0 Å². The second kappa shape index (κ2) is 6.76. The van der Waals surface area contributed by atoms with Gasteiger partial charge < -0.3 is 15.8 Å². The molecule has 0 saturated carbocycles. The quantitative estimate of drug-likeness (QED) is 0.889. The number of nitrogens with two attached hydrogens (primary N) is 1. The van der Waals surface area contributed by atoms with Gasteiger partial charge in [0.25, 0.3) is 5.91 Å². The maximum absolute atomic E-state index is 11.9. The fraction of sp³-hybridized carbons (Fsp3) is 0.176. The minimum absolute atomic E-state index is 0.0819. The third-order valence-electron chi connectivity index (χ3n) is 3.14. The largest absolute Gasteiger partial charge is 0.483 e. The van der Waals surface area contributed by atoms with E-state index < -0.39 is 5.91 Å². The number of primary amides is 1. The number of carbonyl (C=O) groups excluding carboxylic acids is 2. The van der Waals surface area contributed by atoms with Crippen LogP contribution in [-0.4, -0.2) is 18.4 Å². The van der Waals surface area contributed by atoms with Crippen molar-refractivity contribution in [2.75, 3.05) is 11.9 Å². The summed E-state index contributed by atoms with van der Waals surface area (Å²) in [6, 6.07) is 12.1. The van der Waals surface area contributed by atoms with Crippen LogP contribution < -0.4 is 15.8 Å². The van der Waals surface area contributed by atoms with Crippen molar-refractivity contribution in [3.8, 4) is 5.75 Å². The fourth-order valence-electron chi connectivity index (χ4n) is 2.02. The number of nitrogens with one attached hydrogen (secondary N) is 1. The highest BCUT2D eigenvalue weighted by Crippen LogP contribution is 2.18. The Bertz CT molecular complexity index is 694. The van der Waals surface area contributed by atoms with E-state index in [1.807, 2.05) is 32.0 Å². The van der Waals surface area contributed by atoms with E-state index in [-0.39, 0.29) is 12.5 Å². The van der Waals surface area contributed by atoms with E-state index >= 15 is 0 Å². The van der Waals surface area contributed by atoms with Gasteiger partial charge in [0.2, 0.25) is 5.91 Å². The zero-order chi connectivity index (χ0) is 16.1. The first kappa shape index (κ1) is 15.6. The normalized spacial score (nSPS) is 10.1. The predicted octanol–water partition coefficient (Wildman–Crippen LogP) is 2.42. The Morgan fingerprint density at radius 2 is 1.77 bits per heavy atom. The molecule has 0 aliphatic carbocycles. The summed E-state index contributed by atoms with van der Waals surface area (Å²) in [7, 11) is 0. The van der Waals surface area contributed by atoms with Gasteiger partial charge in [-0.05, 0) is 49.7 Å². The van der Waals surface area contributed by atoms with Crippen LogP contribution in [0.1, 0.15) is 21.5 Å². The first-order valence-corrected chi connectivity index (χ1v) is 6.85. The Morgan fingerprint density at radius 3 is 2.36 bits per heavy atom. The molecule has 2 aromatic rings. The minimum Gasteiger partial charge on any atom is -0.483 e. The minimum atomic E-state index is -0.504. The molecule has 0 unspecified atom stereocenters. The van der Waals surface area contributed by atoms with Gasteiger partial charge >= 0.3 is 0 Å². The van der Waals surface area contributed by atoms with E-state index in [4.69, 9.17) is 10.5 Å². The first-order chi connectivity index (χ1) is 10.5. The predicted molar refractivity (Wildman–Crippen MR) is 85.0 cm³/mol. The molecule has 0 radical (unpaired) electrons. The molecule has 5 heteroatoms. The third kappa shape index (κ3) is 4.09. The molecule has 0 fully saturated rings. The van der Waals surface area contributed by atoms with Gasteiger partial charge in [0, 0.05) is 11.3 Å². The molecule has 0 heterocycles. The third-order valence-corrected chi connectivity index (χ3v) is 3.14. The van der Waals surface area contributed by atoms with E-state index in [1.165, 1.54) is 0 Å². The molecule has 0 aromatic heterocycles. The lowest BCUT2D eigenvalue weighted by Gasteiger charge is -2.10. The Kier molecular flexibility index (Phi) is 4.78. The number of carbonyl (C=O) groups is 2. The smallest absolute Gasteiger partial charge is 0.262 e. The van der Waals surface area contributed by atoms with Gasteiger partial charge in [0.15, 0.2) is 6.61 Å². The summed E-state index contributed by atoms with van der Waals surface area (Å²) < 4.78 is 5.50. The van der Waals surface area contributed by atoms with E-state index in [0.717, 1.165) is 11.1 Å². The number of anilines is 1. The van der Waals surface area contributed by atoms with Crippen LogP contribution >= 0.6 is 0 Å². The zero-order valence-corrected chi connectivity index (χ0v) is 12.6. The number of aryl methyl sites for hydroxylation is 2. The summed E-state index contributed by atoms with van der Waals surface area (Å²) in [6.45, 7) is 3.85. The summed E-state index contributed by atoms with van der Waals surface area (Å²) in [4.78, 5) is 22.8. The van der Waals surface area contributed by atoms with Crippen molar-refractivity contribution >= 4 is 17.5 Å². The molecule has 0 spiro atoms. The topological polar surface area (TPSA) is 81.4 Å². The van der Waals surface area contributed by atoms with Gasteiger partial charge in [-0.15, -0.1) is 0 Å². The van der Waals surface area contributed by atoms with Crippen molar-refractivity contribution in [1.82, 2.24) is 0 Å². The van der Waals surface area contributed by atoms with Gasteiger partial charge in [-0.3, -0.25) is 9.59 Å². The lowest BCUT2D eigenvalue weighted by molar-refractivity contribution is -0.118. The molecular weight excluding hydrogens is 280 g/mol. The van der Waals surface area contributed by atoms with Crippen LogP contribution in [0.3, 0.4) is 0 Å². The Hall–Kier alpha value is -2.82. The molecule has 0 bridgehead atoms. The Labute approximate surface area is 129 Å². The standard InChI is InChI=1S/C17H18N2O3/c1-11-3-8-15(12(2)9-11)22-10-16(20)19-14-6-4-13(5-7-14)17(18)21/h3-9H,10H2,1-2H3,(H2,18,21)(H,19,20). The van der Waals surface area contributed by atoms with Crippen LogP contribution in [0.4, 0.5) is 5.69 Å². The molecule has 0 atom stereocenters. The SMILES string of the molecule is Cc1ccc(OCC(=O)Nc2ccc(C(N)=O)cc2)c(C)c1. The number of benzene rings is 2. The molecular formula is C17H18N2O3. The Morgan fingerprint density at radius 1 is 1.09 bits per heavy atom. The second-order valence-electron chi connectivity index (χ2n) is 5.05. The molecule has 0 aliphatic heterocycles. The van der Waals surface area contributed by atoms with E-state index in [2.05, 4.69) is 5.32 Å². The van der Waals surface area contributed by atoms with Crippen molar-refractivity contribution in [2.24, 2.45) is 5.73 Å². The molecule has 5 nitrogen and oxygen atoms in total. The molecule has 114 valence electrons. The fourth-order valence-corrected chi connectivity index (χ4v) is 2.02. The van der Waals surface area contributed by atoms with Gasteiger partial charge in [-0.2, -0.15) is 0 Å². The molecule has 0 saturated heterocycles. The van der Waals surface area contributed by atoms with Gasteiger partial charge in [0.05, 0.1) is 0 Å². The Balaban J connectivity index is 1.91. The zero-order valence-electron chi connectivity index (χ0n) is 12.6. The van der Waals surface area contributed by atoms with E-state index in [1.54, 1.807) is 24.3 Å². The summed E-state index contributed by atoms with van der Waals surface area (Å²) >= 11 is 0. The lowest BCUT2D eigenvalue weighted by Crippen LogP contribution is -2.20. The molecule has 0 aliphatic rings. The van der Waals surface area contributed by atoms with Gasteiger partial charge in [0.1, 0.15) is 5.75 Å². The van der Waals surface area contributed by atoms with Crippen LogP contribution in [-0.2, 0) is 4.79 Å². The van der Waals surface area contributed by atoms with Crippen LogP contribution in [0.5, 0.6) is 5.75 Å². The maximum Gasteiger partial charge on any atom is 0.262 e. The lowest BCUT2D eigenvalue weighted by atomic mass is 10.1. The number of rotatable bonds is 5. The number of hydrogen-bond acceptors (Lipinski definition) is 3. The highest BCUT2D eigenvalue weighted by Gasteiger charge is 2.06. The molecule has 2 amide bonds. The first-order valence-electron chi connectivity index (χ1n) is 6.85. The second-order valence-corrected chi connectivity index (χ2v) is 5.05. The van der Waals surface area contributed by atoms with Crippen molar-refractivity contribution < 1.29 is 14.3 Å². The monoisotopic (exact) mass is 298 g/mol. The van der Waals surface area contributed by atoms with Crippen molar-refractivity contribution in [2.45, 2.75) is 13.8 Å². The van der Waals surface area contributed by atoms with Crippen molar-refractivity contribution in [3.05, 3.63) is 59.2 Å². The van der Waals surface area contributed by atoms with Crippen LogP contribution in [0.25, 0.3) is 0 Å². The number of ether oxygens (including phenoxy) is 1. The molecule has 2 rings (SSSR count).